The molecule has 16 heteroatoms. The van der Waals surface area contributed by atoms with Crippen LogP contribution in [0, 0.1) is 5.92 Å². The molecule has 0 bridgehead atoms. The molecule has 0 saturated carbocycles. The van der Waals surface area contributed by atoms with Gasteiger partial charge in [0.2, 0.25) is 29.5 Å². The average Bonchev–Trinajstić information content (AvgIpc) is 3.14. The molecule has 7 N–H and O–H groups in total. The van der Waals surface area contributed by atoms with E-state index in [2.05, 4.69) is 26.6 Å². The molecule has 304 valence electrons. The van der Waals surface area contributed by atoms with E-state index in [4.69, 9.17) is 14.2 Å². The zero-order valence-corrected chi connectivity index (χ0v) is 32.1. The van der Waals surface area contributed by atoms with Crippen molar-refractivity contribution >= 4 is 46.7 Å². The van der Waals surface area contributed by atoms with Crippen LogP contribution in [0.25, 0.3) is 0 Å². The van der Waals surface area contributed by atoms with Crippen molar-refractivity contribution in [3.05, 3.63) is 48.5 Å². The minimum atomic E-state index is -1.18. The molecule has 0 aliphatic rings. The number of carbonyl (C=O) groups is 6. The van der Waals surface area contributed by atoms with E-state index in [1.54, 1.807) is 38.1 Å². The first-order valence-corrected chi connectivity index (χ1v) is 18.6. The van der Waals surface area contributed by atoms with Crippen molar-refractivity contribution in [2.75, 3.05) is 63.4 Å². The van der Waals surface area contributed by atoms with Gasteiger partial charge in [-0.05, 0) is 61.4 Å². The summed E-state index contributed by atoms with van der Waals surface area (Å²) in [7, 11) is 0. The van der Waals surface area contributed by atoms with Crippen LogP contribution >= 0.6 is 0 Å². The fourth-order valence-corrected chi connectivity index (χ4v) is 4.92. The van der Waals surface area contributed by atoms with Gasteiger partial charge in [0.15, 0.2) is 0 Å². The number of phenols is 2. The topological polar surface area (TPSA) is 231 Å². The van der Waals surface area contributed by atoms with Crippen molar-refractivity contribution in [2.24, 2.45) is 5.92 Å². The molecule has 2 aromatic rings. The molecule has 0 aliphatic carbocycles. The number of amides is 5. The van der Waals surface area contributed by atoms with E-state index >= 15 is 0 Å². The summed E-state index contributed by atoms with van der Waals surface area (Å²) in [5.74, 6) is -1.56. The van der Waals surface area contributed by atoms with Crippen LogP contribution in [0.5, 0.6) is 11.5 Å². The van der Waals surface area contributed by atoms with Gasteiger partial charge in [0.25, 0.3) is 0 Å². The van der Waals surface area contributed by atoms with Gasteiger partial charge in [-0.2, -0.15) is 0 Å². The maximum absolute atomic E-state index is 13.1. The van der Waals surface area contributed by atoms with E-state index in [9.17, 15) is 39.0 Å². The predicted octanol–water partition coefficient (Wildman–Crippen LogP) is 3.18. The van der Waals surface area contributed by atoms with Crippen molar-refractivity contribution < 1.29 is 53.2 Å². The normalized spacial score (nSPS) is 11.1. The molecule has 0 fully saturated rings. The van der Waals surface area contributed by atoms with Gasteiger partial charge < -0.3 is 51.0 Å². The molecule has 0 radical (unpaired) electrons. The van der Waals surface area contributed by atoms with E-state index in [0.717, 1.165) is 0 Å². The number of Topliss-reactive ketones (excluding diaryl/α,β-unsaturated/α-hetero) is 1. The molecule has 0 heterocycles. The second-order valence-corrected chi connectivity index (χ2v) is 13.4. The lowest BCUT2D eigenvalue weighted by atomic mass is 10.0. The summed E-state index contributed by atoms with van der Waals surface area (Å²) >= 11 is 0. The highest BCUT2D eigenvalue weighted by Gasteiger charge is 2.34. The van der Waals surface area contributed by atoms with Gasteiger partial charge in [0.05, 0.1) is 33.0 Å². The zero-order chi connectivity index (χ0) is 40.5. The van der Waals surface area contributed by atoms with Gasteiger partial charge in [-0.15, -0.1) is 0 Å². The summed E-state index contributed by atoms with van der Waals surface area (Å²) in [5.41, 5.74) is -0.149. The van der Waals surface area contributed by atoms with Crippen LogP contribution in [0.3, 0.4) is 0 Å². The van der Waals surface area contributed by atoms with Crippen LogP contribution in [-0.4, -0.2) is 104 Å². The molecule has 55 heavy (non-hydrogen) atoms. The third kappa shape index (κ3) is 20.8. The molecule has 0 saturated heterocycles. The number of rotatable bonds is 28. The highest BCUT2D eigenvalue weighted by Crippen LogP contribution is 2.15. The number of benzene rings is 2. The first-order chi connectivity index (χ1) is 26.3. The van der Waals surface area contributed by atoms with Crippen LogP contribution in [0.2, 0.25) is 0 Å². The first-order valence-electron chi connectivity index (χ1n) is 18.6. The molecular formula is C39H57N5O11. The summed E-state index contributed by atoms with van der Waals surface area (Å²) in [5, 5.41) is 32.4. The molecule has 0 spiro atoms. The van der Waals surface area contributed by atoms with Gasteiger partial charge >= 0.3 is 0 Å². The number of ether oxygens (including phenoxy) is 3. The molecule has 16 nitrogen and oxygen atoms in total. The number of phenolic OH excluding ortho intramolecular Hbond substituents is 2. The number of nitrogens with one attached hydrogen (secondary N) is 5. The smallest absolute Gasteiger partial charge is 0.226 e. The Morgan fingerprint density at radius 3 is 1.44 bits per heavy atom. The summed E-state index contributed by atoms with van der Waals surface area (Å²) in [4.78, 5) is 74.5. The Balaban J connectivity index is 1.89. The number of ketones is 1. The van der Waals surface area contributed by atoms with E-state index in [1.807, 2.05) is 6.92 Å². The Kier molecular flexibility index (Phi) is 21.7. The zero-order valence-electron chi connectivity index (χ0n) is 32.1. The van der Waals surface area contributed by atoms with Gasteiger partial charge in [0.1, 0.15) is 22.8 Å². The van der Waals surface area contributed by atoms with Gasteiger partial charge in [-0.1, -0.05) is 20.8 Å². The minimum Gasteiger partial charge on any atom is -0.508 e. The molecule has 0 aromatic heterocycles. The number of hydrogen-bond donors (Lipinski definition) is 7. The molecular weight excluding hydrogens is 714 g/mol. The molecule has 2 aromatic carbocycles. The fourth-order valence-electron chi connectivity index (χ4n) is 4.92. The highest BCUT2D eigenvalue weighted by molar-refractivity contribution is 5.92. The maximum Gasteiger partial charge on any atom is 0.226 e. The van der Waals surface area contributed by atoms with Crippen molar-refractivity contribution in [1.29, 1.82) is 0 Å². The van der Waals surface area contributed by atoms with Crippen LogP contribution in [-0.2, 0) is 43.0 Å². The lowest BCUT2D eigenvalue weighted by Gasteiger charge is -2.34. The SMILES string of the molecule is CCCOCC(COCCC(=O)NCCC(=O)Nc1ccc(O)cc1)(COCCC(=O)NCCC(=O)Nc1ccc(O)cc1)NC(=O)CCCC(=O)C(C)C. The molecule has 0 atom stereocenters. The Labute approximate surface area is 322 Å². The van der Waals surface area contributed by atoms with E-state index in [-0.39, 0.29) is 137 Å². The Morgan fingerprint density at radius 1 is 0.582 bits per heavy atom. The van der Waals surface area contributed by atoms with Crippen molar-refractivity contribution in [3.8, 4) is 11.5 Å². The average molecular weight is 772 g/mol. The molecule has 0 aliphatic heterocycles. The van der Waals surface area contributed by atoms with Crippen LogP contribution in [0.4, 0.5) is 11.4 Å². The monoisotopic (exact) mass is 771 g/mol. The Morgan fingerprint density at radius 2 is 1.02 bits per heavy atom. The quantitative estimate of drug-likeness (QED) is 0.0491. The predicted molar refractivity (Wildman–Crippen MR) is 205 cm³/mol. The van der Waals surface area contributed by atoms with Gasteiger partial charge in [0, 0.05) is 75.5 Å². The number of aromatic hydroxyl groups is 2. The van der Waals surface area contributed by atoms with Gasteiger partial charge in [-0.3, -0.25) is 28.8 Å². The minimum absolute atomic E-state index is 0.0114. The number of carbonyl (C=O) groups excluding carboxylic acids is 6. The van der Waals surface area contributed by atoms with Crippen LogP contribution in [0.15, 0.2) is 48.5 Å². The lowest BCUT2D eigenvalue weighted by molar-refractivity contribution is -0.130. The number of anilines is 2. The standard InChI is InChI=1S/C39H57N5O11/c1-4-22-53-25-39(44-38(52)7-5-6-33(47)28(2)3,26-54-23-18-34(48)40-20-16-36(50)42-29-8-12-31(45)13-9-29)27-55-24-19-35(49)41-21-17-37(51)43-30-10-14-32(46)15-11-30/h8-15,28,45-46H,4-7,16-27H2,1-3H3,(H,40,48)(H,41,49)(H,42,50)(H,43,51)(H,44,52). The maximum atomic E-state index is 13.1. The van der Waals surface area contributed by atoms with E-state index in [0.29, 0.717) is 30.8 Å². The third-order valence-corrected chi connectivity index (χ3v) is 7.96. The molecule has 2 rings (SSSR count). The third-order valence-electron chi connectivity index (χ3n) is 7.96. The number of hydrogen-bond acceptors (Lipinski definition) is 11. The van der Waals surface area contributed by atoms with E-state index < -0.39 is 5.54 Å². The Hall–Kier alpha value is -5.06. The Bertz CT molecular complexity index is 1420. The van der Waals surface area contributed by atoms with Crippen LogP contribution in [0.1, 0.15) is 72.1 Å². The van der Waals surface area contributed by atoms with Crippen molar-refractivity contribution in [2.45, 2.75) is 77.7 Å². The summed E-state index contributed by atoms with van der Waals surface area (Å²) in [6.07, 6.45) is 1.44. The lowest BCUT2D eigenvalue weighted by Crippen LogP contribution is -2.58. The van der Waals surface area contributed by atoms with Crippen molar-refractivity contribution in [3.63, 3.8) is 0 Å². The fraction of sp³-hybridized carbons (Fsp3) is 0.538. The van der Waals surface area contributed by atoms with Crippen LogP contribution < -0.4 is 26.6 Å². The summed E-state index contributed by atoms with van der Waals surface area (Å²) < 4.78 is 17.6. The largest absolute Gasteiger partial charge is 0.508 e. The van der Waals surface area contributed by atoms with Crippen molar-refractivity contribution in [1.82, 2.24) is 16.0 Å². The second-order valence-electron chi connectivity index (χ2n) is 13.4. The summed E-state index contributed by atoms with van der Waals surface area (Å²) in [6, 6.07) is 12.0. The molecule has 5 amide bonds. The first kappa shape index (κ1) is 46.1. The highest BCUT2D eigenvalue weighted by atomic mass is 16.5. The summed E-state index contributed by atoms with van der Waals surface area (Å²) in [6.45, 7) is 5.96. The second kappa shape index (κ2) is 25.9. The van der Waals surface area contributed by atoms with E-state index in [1.165, 1.54) is 24.3 Å². The van der Waals surface area contributed by atoms with Gasteiger partial charge in [-0.25, -0.2) is 0 Å². The molecule has 0 unspecified atom stereocenters.